The van der Waals surface area contributed by atoms with Crippen molar-refractivity contribution < 1.29 is 28.4 Å². The van der Waals surface area contributed by atoms with Gasteiger partial charge in [-0.2, -0.15) is 0 Å². The van der Waals surface area contributed by atoms with Crippen LogP contribution in [0.5, 0.6) is 0 Å². The molecule has 2 N–H and O–H groups in total. The molecule has 32 heavy (non-hydrogen) atoms. The summed E-state index contributed by atoms with van der Waals surface area (Å²) in [5.41, 5.74) is -0.0932. The molecule has 164 valence electrons. The van der Waals surface area contributed by atoms with Crippen LogP contribution >= 0.6 is 11.3 Å². The number of thiophene rings is 1. The van der Waals surface area contributed by atoms with Gasteiger partial charge in [0, 0.05) is 17.8 Å². The Hall–Kier alpha value is -4.12. The molecule has 2 aromatic carbocycles. The fourth-order valence-corrected chi connectivity index (χ4v) is 3.95. The number of nitrogens with one attached hydrogen (secondary N) is 2. The van der Waals surface area contributed by atoms with Gasteiger partial charge in [0.25, 0.3) is 17.5 Å². The molecule has 1 aromatic heterocycles. The zero-order chi connectivity index (χ0) is 23.4. The third-order valence-electron chi connectivity index (χ3n) is 4.40. The van der Waals surface area contributed by atoms with Crippen molar-refractivity contribution in [1.82, 2.24) is 0 Å². The van der Waals surface area contributed by atoms with E-state index in [1.807, 2.05) is 0 Å². The first-order chi connectivity index (χ1) is 15.2. The van der Waals surface area contributed by atoms with Gasteiger partial charge in [-0.3, -0.25) is 19.7 Å². The van der Waals surface area contributed by atoms with Crippen molar-refractivity contribution in [3.8, 4) is 0 Å². The largest absolute Gasteiger partial charge is 0.465 e. The Balaban J connectivity index is 1.94. The van der Waals surface area contributed by atoms with Gasteiger partial charge in [0.2, 0.25) is 0 Å². The van der Waals surface area contributed by atoms with Gasteiger partial charge in [-0.1, -0.05) is 18.2 Å². The van der Waals surface area contributed by atoms with E-state index in [0.717, 1.165) is 24.5 Å². The molecule has 0 saturated carbocycles. The topological polar surface area (TPSA) is 128 Å². The van der Waals surface area contributed by atoms with Crippen LogP contribution in [0.4, 0.5) is 20.8 Å². The van der Waals surface area contributed by atoms with Gasteiger partial charge in [0.05, 0.1) is 28.0 Å². The summed E-state index contributed by atoms with van der Waals surface area (Å²) in [6.45, 7) is 1.49. The highest BCUT2D eigenvalue weighted by molar-refractivity contribution is 7.19. The summed E-state index contributed by atoms with van der Waals surface area (Å²) < 4.78 is 18.7. The maximum Gasteiger partial charge on any atom is 0.341 e. The molecule has 0 radical (unpaired) electrons. The van der Waals surface area contributed by atoms with E-state index in [4.69, 9.17) is 4.74 Å². The Morgan fingerprint density at radius 2 is 1.78 bits per heavy atom. The van der Waals surface area contributed by atoms with Crippen LogP contribution in [-0.2, 0) is 4.74 Å². The molecular formula is C21H16FN3O6S. The minimum Gasteiger partial charge on any atom is -0.465 e. The lowest BCUT2D eigenvalue weighted by atomic mass is 10.1. The quantitative estimate of drug-likeness (QED) is 0.321. The zero-order valence-corrected chi connectivity index (χ0v) is 17.6. The Morgan fingerprint density at radius 1 is 1.06 bits per heavy atom. The maximum absolute atomic E-state index is 14.0. The SMILES string of the molecule is COC(=O)c1c(NC(=O)c2ccccc2F)sc(C(=O)Nc2cccc([N+](=O)[O-])c2)c1C. The van der Waals surface area contributed by atoms with Gasteiger partial charge in [-0.05, 0) is 30.7 Å². The standard InChI is InChI=1S/C21H16FN3O6S/c1-11-16(21(28)31-2)20(24-18(26)14-8-3-4-9-15(14)22)32-17(11)19(27)23-12-6-5-7-13(10-12)25(29)30/h3-10H,1-2H3,(H,23,27)(H,24,26). The number of benzene rings is 2. The molecular weight excluding hydrogens is 441 g/mol. The second-order valence-corrected chi connectivity index (χ2v) is 7.47. The highest BCUT2D eigenvalue weighted by Gasteiger charge is 2.27. The molecule has 2 amide bonds. The molecule has 0 aliphatic heterocycles. The molecule has 3 rings (SSSR count). The van der Waals surface area contributed by atoms with E-state index >= 15 is 0 Å². The van der Waals surface area contributed by atoms with Crippen LogP contribution in [0.3, 0.4) is 0 Å². The van der Waals surface area contributed by atoms with Gasteiger partial charge >= 0.3 is 5.97 Å². The van der Waals surface area contributed by atoms with Gasteiger partial charge in [0.15, 0.2) is 0 Å². The number of esters is 1. The number of nitro benzene ring substituents is 1. The first kappa shape index (κ1) is 22.6. The number of halogens is 1. The fraction of sp³-hybridized carbons (Fsp3) is 0.0952. The molecule has 0 aliphatic carbocycles. The Labute approximate surface area is 185 Å². The van der Waals surface area contributed by atoms with Crippen LogP contribution in [0.25, 0.3) is 0 Å². The van der Waals surface area contributed by atoms with Crippen LogP contribution < -0.4 is 10.6 Å². The highest BCUT2D eigenvalue weighted by Crippen LogP contribution is 2.35. The van der Waals surface area contributed by atoms with E-state index in [9.17, 15) is 28.9 Å². The number of rotatable bonds is 6. The number of anilines is 2. The third kappa shape index (κ3) is 4.62. The lowest BCUT2D eigenvalue weighted by Crippen LogP contribution is -2.15. The van der Waals surface area contributed by atoms with E-state index < -0.39 is 28.5 Å². The van der Waals surface area contributed by atoms with Crippen molar-refractivity contribution in [2.24, 2.45) is 0 Å². The van der Waals surface area contributed by atoms with Crippen molar-refractivity contribution in [3.63, 3.8) is 0 Å². The highest BCUT2D eigenvalue weighted by atomic mass is 32.1. The van der Waals surface area contributed by atoms with E-state index in [-0.39, 0.29) is 37.9 Å². The molecule has 9 nitrogen and oxygen atoms in total. The number of nitrogens with zero attached hydrogens (tertiary/aromatic N) is 1. The van der Waals surface area contributed by atoms with E-state index in [1.54, 1.807) is 0 Å². The summed E-state index contributed by atoms with van der Waals surface area (Å²) in [4.78, 5) is 48.0. The number of carbonyl (C=O) groups excluding carboxylic acids is 3. The number of hydrogen-bond donors (Lipinski definition) is 2. The number of nitro groups is 1. The molecule has 0 bridgehead atoms. The van der Waals surface area contributed by atoms with E-state index in [1.165, 1.54) is 49.4 Å². The summed E-state index contributed by atoms with van der Waals surface area (Å²) in [6, 6.07) is 10.6. The zero-order valence-electron chi connectivity index (χ0n) is 16.8. The monoisotopic (exact) mass is 457 g/mol. The lowest BCUT2D eigenvalue weighted by Gasteiger charge is -2.06. The molecule has 11 heteroatoms. The number of amides is 2. The van der Waals surface area contributed by atoms with Crippen molar-refractivity contribution in [2.75, 3.05) is 17.7 Å². The minimum atomic E-state index is -0.805. The summed E-state index contributed by atoms with van der Waals surface area (Å²) in [5, 5.41) is 15.9. The van der Waals surface area contributed by atoms with Crippen LogP contribution in [0.15, 0.2) is 48.5 Å². The van der Waals surface area contributed by atoms with Crippen molar-refractivity contribution in [3.05, 3.63) is 86.0 Å². The molecule has 0 unspecified atom stereocenters. The number of ether oxygens (including phenoxy) is 1. The maximum atomic E-state index is 14.0. The second kappa shape index (κ2) is 9.35. The molecule has 3 aromatic rings. The predicted molar refractivity (Wildman–Crippen MR) is 116 cm³/mol. The van der Waals surface area contributed by atoms with Gasteiger partial charge in [-0.25, -0.2) is 9.18 Å². The van der Waals surface area contributed by atoms with Crippen LogP contribution in [0.2, 0.25) is 0 Å². The molecule has 0 aliphatic rings. The van der Waals surface area contributed by atoms with Crippen molar-refractivity contribution in [1.29, 1.82) is 0 Å². The fourth-order valence-electron chi connectivity index (χ4n) is 2.87. The smallest absolute Gasteiger partial charge is 0.341 e. The Bertz CT molecular complexity index is 1240. The normalized spacial score (nSPS) is 10.3. The number of carbonyl (C=O) groups is 3. The summed E-state index contributed by atoms with van der Waals surface area (Å²) in [6.07, 6.45) is 0. The molecule has 1 heterocycles. The minimum absolute atomic E-state index is 0.00629. The lowest BCUT2D eigenvalue weighted by molar-refractivity contribution is -0.384. The average molecular weight is 457 g/mol. The Morgan fingerprint density at radius 3 is 2.44 bits per heavy atom. The van der Waals surface area contributed by atoms with Gasteiger partial charge in [-0.15, -0.1) is 11.3 Å². The van der Waals surface area contributed by atoms with Crippen LogP contribution in [0, 0.1) is 22.9 Å². The van der Waals surface area contributed by atoms with Gasteiger partial charge < -0.3 is 15.4 Å². The first-order valence-electron chi connectivity index (χ1n) is 9.06. The van der Waals surface area contributed by atoms with Crippen LogP contribution in [0.1, 0.15) is 36.0 Å². The first-order valence-corrected chi connectivity index (χ1v) is 9.88. The molecule has 0 atom stereocenters. The third-order valence-corrected chi connectivity index (χ3v) is 5.61. The second-order valence-electron chi connectivity index (χ2n) is 6.45. The van der Waals surface area contributed by atoms with Crippen molar-refractivity contribution in [2.45, 2.75) is 6.92 Å². The summed E-state index contributed by atoms with van der Waals surface area (Å²) in [5.74, 6) is -3.00. The van der Waals surface area contributed by atoms with Gasteiger partial charge in [0.1, 0.15) is 10.8 Å². The summed E-state index contributed by atoms with van der Waals surface area (Å²) in [7, 11) is 1.14. The molecule has 0 fully saturated rings. The van der Waals surface area contributed by atoms with Crippen LogP contribution in [-0.4, -0.2) is 29.8 Å². The van der Waals surface area contributed by atoms with E-state index in [2.05, 4.69) is 10.6 Å². The predicted octanol–water partition coefficient (Wildman–Crippen LogP) is 4.40. The number of non-ortho nitro benzene ring substituents is 1. The number of methoxy groups -OCH3 is 1. The summed E-state index contributed by atoms with van der Waals surface area (Å²) >= 11 is 0.795. The average Bonchev–Trinajstić information content (AvgIpc) is 3.09. The molecule has 0 saturated heterocycles. The molecule has 0 spiro atoms. The van der Waals surface area contributed by atoms with E-state index in [0.29, 0.717) is 0 Å². The Kier molecular flexibility index (Phi) is 6.59. The number of hydrogen-bond acceptors (Lipinski definition) is 7. The van der Waals surface area contributed by atoms with Crippen molar-refractivity contribution >= 4 is 45.5 Å².